The maximum Gasteiger partial charge on any atom is 0.347 e. The van der Waals surface area contributed by atoms with Crippen molar-refractivity contribution in [2.75, 3.05) is 6.61 Å². The zero-order valence-electron chi connectivity index (χ0n) is 9.77. The van der Waals surface area contributed by atoms with Crippen LogP contribution >= 0.6 is 11.6 Å². The molecule has 0 saturated heterocycles. The van der Waals surface area contributed by atoms with Gasteiger partial charge >= 0.3 is 5.97 Å². The van der Waals surface area contributed by atoms with E-state index in [1.807, 2.05) is 0 Å². The van der Waals surface area contributed by atoms with Gasteiger partial charge in [-0.3, -0.25) is 0 Å². The summed E-state index contributed by atoms with van der Waals surface area (Å²) in [6, 6.07) is 4.98. The third-order valence-electron chi connectivity index (χ3n) is 2.16. The van der Waals surface area contributed by atoms with Crippen molar-refractivity contribution in [2.45, 2.75) is 26.6 Å². The van der Waals surface area contributed by atoms with Gasteiger partial charge in [0.05, 0.1) is 13.2 Å². The van der Waals surface area contributed by atoms with E-state index in [0.717, 1.165) is 0 Å². The smallest absolute Gasteiger partial charge is 0.347 e. The van der Waals surface area contributed by atoms with E-state index >= 15 is 0 Å². The Labute approximate surface area is 105 Å². The van der Waals surface area contributed by atoms with Crippen LogP contribution in [0.15, 0.2) is 18.2 Å². The minimum atomic E-state index is -0.737. The number of ether oxygens (including phenoxy) is 2. The topological polar surface area (TPSA) is 55.8 Å². The first-order chi connectivity index (χ1) is 8.10. The van der Waals surface area contributed by atoms with E-state index in [1.54, 1.807) is 32.0 Å². The van der Waals surface area contributed by atoms with Crippen LogP contribution in [0.4, 0.5) is 0 Å². The first-order valence-corrected chi connectivity index (χ1v) is 5.69. The summed E-state index contributed by atoms with van der Waals surface area (Å²) >= 11 is 5.90. The second-order valence-electron chi connectivity index (χ2n) is 3.39. The molecule has 1 N–H and O–H groups in total. The minimum Gasteiger partial charge on any atom is -0.479 e. The summed E-state index contributed by atoms with van der Waals surface area (Å²) in [4.78, 5) is 11.4. The molecule has 1 rings (SSSR count). The molecular formula is C12H15ClO4. The lowest BCUT2D eigenvalue weighted by Gasteiger charge is -2.16. The first-order valence-electron chi connectivity index (χ1n) is 5.31. The highest BCUT2D eigenvalue weighted by Crippen LogP contribution is 2.27. The fourth-order valence-corrected chi connectivity index (χ4v) is 1.53. The van der Waals surface area contributed by atoms with Gasteiger partial charge in [-0.05, 0) is 26.0 Å². The number of aliphatic hydroxyl groups is 1. The molecule has 0 heterocycles. The molecule has 4 nitrogen and oxygen atoms in total. The van der Waals surface area contributed by atoms with E-state index in [-0.39, 0.29) is 6.61 Å². The van der Waals surface area contributed by atoms with Crippen molar-refractivity contribution in [2.24, 2.45) is 0 Å². The number of esters is 1. The Morgan fingerprint density at radius 3 is 2.82 bits per heavy atom. The van der Waals surface area contributed by atoms with Crippen LogP contribution in [-0.4, -0.2) is 23.8 Å². The number of hydrogen-bond acceptors (Lipinski definition) is 4. The minimum absolute atomic E-state index is 0.245. The van der Waals surface area contributed by atoms with Crippen molar-refractivity contribution < 1.29 is 19.4 Å². The van der Waals surface area contributed by atoms with Crippen LogP contribution in [0.1, 0.15) is 19.4 Å². The summed E-state index contributed by atoms with van der Waals surface area (Å²) in [6.45, 7) is 3.36. The molecule has 17 heavy (non-hydrogen) atoms. The predicted octanol–water partition coefficient (Wildman–Crippen LogP) is 2.16. The Morgan fingerprint density at radius 2 is 2.24 bits per heavy atom. The molecule has 1 unspecified atom stereocenters. The monoisotopic (exact) mass is 258 g/mol. The van der Waals surface area contributed by atoms with E-state index in [2.05, 4.69) is 0 Å². The zero-order chi connectivity index (χ0) is 12.8. The first kappa shape index (κ1) is 13.8. The normalized spacial score (nSPS) is 12.0. The Balaban J connectivity index is 2.81. The Bertz CT molecular complexity index is 392. The molecule has 0 radical (unpaired) electrons. The van der Waals surface area contributed by atoms with Crippen molar-refractivity contribution in [3.05, 3.63) is 28.8 Å². The predicted molar refractivity (Wildman–Crippen MR) is 64.1 cm³/mol. The largest absolute Gasteiger partial charge is 0.479 e. The number of carbonyl (C=O) groups is 1. The van der Waals surface area contributed by atoms with Gasteiger partial charge < -0.3 is 14.6 Å². The van der Waals surface area contributed by atoms with E-state index in [4.69, 9.17) is 21.1 Å². The number of hydrogen-bond donors (Lipinski definition) is 1. The summed E-state index contributed by atoms with van der Waals surface area (Å²) in [6.07, 6.45) is -0.737. The molecule has 1 aromatic rings. The summed E-state index contributed by atoms with van der Waals surface area (Å²) in [5.74, 6) is -0.0584. The molecule has 0 saturated carbocycles. The van der Waals surface area contributed by atoms with Crippen LogP contribution < -0.4 is 4.74 Å². The molecule has 0 aromatic heterocycles. The van der Waals surface area contributed by atoms with E-state index < -0.39 is 12.1 Å². The highest BCUT2D eigenvalue weighted by molar-refractivity contribution is 6.31. The van der Waals surface area contributed by atoms with Crippen LogP contribution in [0, 0.1) is 0 Å². The van der Waals surface area contributed by atoms with Crippen LogP contribution in [0.3, 0.4) is 0 Å². The van der Waals surface area contributed by atoms with Crippen LogP contribution in [0.25, 0.3) is 0 Å². The van der Waals surface area contributed by atoms with Crippen molar-refractivity contribution >= 4 is 17.6 Å². The summed E-state index contributed by atoms with van der Waals surface area (Å²) < 4.78 is 10.2. The molecule has 0 bridgehead atoms. The van der Waals surface area contributed by atoms with Crippen molar-refractivity contribution in [3.8, 4) is 5.75 Å². The van der Waals surface area contributed by atoms with Gasteiger partial charge in [0.15, 0.2) is 6.10 Å². The van der Waals surface area contributed by atoms with E-state index in [9.17, 15) is 9.90 Å². The molecule has 0 aliphatic heterocycles. The van der Waals surface area contributed by atoms with Crippen LogP contribution in [-0.2, 0) is 16.1 Å². The lowest BCUT2D eigenvalue weighted by Crippen LogP contribution is -2.26. The second kappa shape index (κ2) is 6.47. The lowest BCUT2D eigenvalue weighted by atomic mass is 10.2. The van der Waals surface area contributed by atoms with Gasteiger partial charge in [0.2, 0.25) is 0 Å². The summed E-state index contributed by atoms with van der Waals surface area (Å²) in [5.41, 5.74) is 0.463. The molecule has 0 aliphatic rings. The lowest BCUT2D eigenvalue weighted by molar-refractivity contribution is -0.150. The van der Waals surface area contributed by atoms with Gasteiger partial charge in [0.25, 0.3) is 0 Å². The SMILES string of the molecule is CCOC(=O)C(C)Oc1cccc(Cl)c1CO. The third-order valence-corrected chi connectivity index (χ3v) is 2.51. The highest BCUT2D eigenvalue weighted by Gasteiger charge is 2.18. The highest BCUT2D eigenvalue weighted by atomic mass is 35.5. The molecule has 94 valence electrons. The maximum atomic E-state index is 11.4. The fraction of sp³-hybridized carbons (Fsp3) is 0.417. The Morgan fingerprint density at radius 1 is 1.53 bits per heavy atom. The van der Waals surface area contributed by atoms with E-state index in [1.165, 1.54) is 0 Å². The van der Waals surface area contributed by atoms with Crippen molar-refractivity contribution in [3.63, 3.8) is 0 Å². The number of carbonyl (C=O) groups excluding carboxylic acids is 1. The van der Waals surface area contributed by atoms with Gasteiger partial charge in [-0.1, -0.05) is 17.7 Å². The number of rotatable bonds is 5. The Hall–Kier alpha value is -1.26. The Kier molecular flexibility index (Phi) is 5.25. The second-order valence-corrected chi connectivity index (χ2v) is 3.79. The van der Waals surface area contributed by atoms with Crippen molar-refractivity contribution in [1.29, 1.82) is 0 Å². The zero-order valence-corrected chi connectivity index (χ0v) is 10.5. The third kappa shape index (κ3) is 3.61. The summed E-state index contributed by atoms with van der Waals surface area (Å²) in [5, 5.41) is 9.58. The molecule has 0 amide bonds. The van der Waals surface area contributed by atoms with E-state index in [0.29, 0.717) is 22.9 Å². The number of halogens is 1. The van der Waals surface area contributed by atoms with Crippen LogP contribution in [0.2, 0.25) is 5.02 Å². The molecule has 1 aromatic carbocycles. The van der Waals surface area contributed by atoms with Gasteiger partial charge in [-0.2, -0.15) is 0 Å². The molecule has 1 atom stereocenters. The number of benzene rings is 1. The number of aliphatic hydroxyl groups excluding tert-OH is 1. The molecular weight excluding hydrogens is 244 g/mol. The van der Waals surface area contributed by atoms with Crippen LogP contribution in [0.5, 0.6) is 5.75 Å². The van der Waals surface area contributed by atoms with Crippen molar-refractivity contribution in [1.82, 2.24) is 0 Å². The fourth-order valence-electron chi connectivity index (χ4n) is 1.30. The van der Waals surface area contributed by atoms with Gasteiger partial charge in [0.1, 0.15) is 5.75 Å². The van der Waals surface area contributed by atoms with Gasteiger partial charge in [-0.15, -0.1) is 0 Å². The molecule has 0 aliphatic carbocycles. The maximum absolute atomic E-state index is 11.4. The average Bonchev–Trinajstić information content (AvgIpc) is 2.29. The standard InChI is InChI=1S/C12H15ClO4/c1-3-16-12(15)8(2)17-11-6-4-5-10(13)9(11)7-14/h4-6,8,14H,3,7H2,1-2H3. The molecule has 5 heteroatoms. The average molecular weight is 259 g/mol. The quantitative estimate of drug-likeness (QED) is 0.823. The summed E-state index contributed by atoms with van der Waals surface area (Å²) in [7, 11) is 0. The molecule has 0 spiro atoms. The molecule has 0 fully saturated rings. The van der Waals surface area contributed by atoms with Gasteiger partial charge in [-0.25, -0.2) is 4.79 Å². The van der Waals surface area contributed by atoms with Gasteiger partial charge in [0, 0.05) is 10.6 Å².